The molecule has 0 aliphatic heterocycles. The first-order valence-electron chi connectivity index (χ1n) is 3.98. The summed E-state index contributed by atoms with van der Waals surface area (Å²) in [6.45, 7) is 0. The zero-order valence-electron chi connectivity index (χ0n) is 6.94. The Bertz CT molecular complexity index is 398. The molecular weight excluding hydrogens is 162 g/mol. The monoisotopic (exact) mass is 170 g/mol. The van der Waals surface area contributed by atoms with E-state index in [0.29, 0.717) is 5.56 Å². The van der Waals surface area contributed by atoms with Crippen LogP contribution in [0.25, 0.3) is 11.1 Å². The van der Waals surface area contributed by atoms with Crippen LogP contribution in [0.1, 0.15) is 0 Å². The summed E-state index contributed by atoms with van der Waals surface area (Å²) >= 11 is 0. The molecule has 63 valence electrons. The van der Waals surface area contributed by atoms with Crippen molar-refractivity contribution >= 4 is 0 Å². The number of phenols is 1. The van der Waals surface area contributed by atoms with Crippen molar-refractivity contribution in [2.24, 2.45) is 0 Å². The molecule has 2 heteroatoms. The summed E-state index contributed by atoms with van der Waals surface area (Å²) in [6, 6.07) is 11.8. The summed E-state index contributed by atoms with van der Waals surface area (Å²) in [6.07, 6.45) is 3.38. The molecule has 1 aromatic heterocycles. The number of benzene rings is 1. The maximum absolute atomic E-state index is 9.51. The van der Waals surface area contributed by atoms with E-state index in [9.17, 15) is 5.11 Å². The van der Waals surface area contributed by atoms with Gasteiger partial charge in [-0.25, -0.2) is 0 Å². The molecule has 0 unspecified atom stereocenters. The highest BCUT2D eigenvalue weighted by atomic mass is 16.3. The molecule has 1 aromatic carbocycles. The Kier molecular flexibility index (Phi) is 1.96. The third kappa shape index (κ3) is 1.51. The van der Waals surface area contributed by atoms with Gasteiger partial charge in [-0.1, -0.05) is 12.1 Å². The molecule has 2 rings (SSSR count). The topological polar surface area (TPSA) is 33.1 Å². The number of hydrogen-bond acceptors (Lipinski definition) is 2. The van der Waals surface area contributed by atoms with Crippen molar-refractivity contribution in [2.45, 2.75) is 0 Å². The normalized spacial score (nSPS) is 9.85. The zero-order chi connectivity index (χ0) is 9.10. The Balaban J connectivity index is 2.54. The van der Waals surface area contributed by atoms with Crippen molar-refractivity contribution in [3.63, 3.8) is 0 Å². The highest BCUT2D eigenvalue weighted by molar-refractivity contribution is 5.68. The molecule has 0 aliphatic carbocycles. The lowest BCUT2D eigenvalue weighted by Crippen LogP contribution is -1.78. The minimum atomic E-state index is 0.244. The molecule has 2 nitrogen and oxygen atoms in total. The second kappa shape index (κ2) is 3.27. The van der Waals surface area contributed by atoms with Gasteiger partial charge in [-0.2, -0.15) is 0 Å². The van der Waals surface area contributed by atoms with Crippen molar-refractivity contribution in [3.05, 3.63) is 48.8 Å². The summed E-state index contributed by atoms with van der Waals surface area (Å²) in [4.78, 5) is 3.91. The van der Waals surface area contributed by atoms with Crippen molar-refractivity contribution in [1.82, 2.24) is 4.98 Å². The first-order valence-corrected chi connectivity index (χ1v) is 3.98. The molecule has 0 amide bonds. The van der Waals surface area contributed by atoms with Crippen molar-refractivity contribution in [1.29, 1.82) is 0 Å². The molecule has 0 aliphatic rings. The summed E-state index contributed by atoms with van der Waals surface area (Å²) in [7, 11) is 0. The zero-order valence-corrected chi connectivity index (χ0v) is 6.94. The van der Waals surface area contributed by atoms with Gasteiger partial charge in [0.2, 0.25) is 0 Å². The lowest BCUT2D eigenvalue weighted by atomic mass is 10.1. The van der Waals surface area contributed by atoms with E-state index in [1.807, 2.05) is 12.1 Å². The summed E-state index contributed by atoms with van der Waals surface area (Å²) in [5.74, 6) is 0.244. The van der Waals surface area contributed by atoms with E-state index in [0.717, 1.165) is 5.56 Å². The highest BCUT2D eigenvalue weighted by Crippen LogP contribution is 2.26. The second-order valence-corrected chi connectivity index (χ2v) is 2.67. The van der Waals surface area contributed by atoms with E-state index in [4.69, 9.17) is 0 Å². The van der Waals surface area contributed by atoms with Crippen molar-refractivity contribution < 1.29 is 5.11 Å². The SMILES string of the molecule is Oc1ccc[c]c1-c1ccncc1. The van der Waals surface area contributed by atoms with E-state index in [-0.39, 0.29) is 5.75 Å². The molecule has 0 atom stereocenters. The molecule has 2 aromatic rings. The van der Waals surface area contributed by atoms with E-state index in [2.05, 4.69) is 11.1 Å². The quantitative estimate of drug-likeness (QED) is 0.712. The molecule has 0 spiro atoms. The van der Waals surface area contributed by atoms with Gasteiger partial charge in [-0.05, 0) is 29.8 Å². The van der Waals surface area contributed by atoms with Crippen LogP contribution in [0.15, 0.2) is 42.7 Å². The Morgan fingerprint density at radius 3 is 2.62 bits per heavy atom. The van der Waals surface area contributed by atoms with Crippen LogP contribution in [0, 0.1) is 6.07 Å². The number of hydrogen-bond donors (Lipinski definition) is 1. The highest BCUT2D eigenvalue weighted by Gasteiger charge is 2.01. The fraction of sp³-hybridized carbons (Fsp3) is 0. The number of aromatic hydroxyl groups is 1. The number of pyridine rings is 1. The molecule has 0 saturated carbocycles. The average molecular weight is 170 g/mol. The number of aromatic nitrogens is 1. The van der Waals surface area contributed by atoms with E-state index < -0.39 is 0 Å². The minimum Gasteiger partial charge on any atom is -0.507 e. The maximum Gasteiger partial charge on any atom is 0.124 e. The van der Waals surface area contributed by atoms with Gasteiger partial charge in [0.15, 0.2) is 0 Å². The fourth-order valence-corrected chi connectivity index (χ4v) is 1.18. The van der Waals surface area contributed by atoms with Gasteiger partial charge in [-0.15, -0.1) is 0 Å². The fourth-order valence-electron chi connectivity index (χ4n) is 1.18. The van der Waals surface area contributed by atoms with Crippen molar-refractivity contribution in [3.8, 4) is 16.9 Å². The van der Waals surface area contributed by atoms with Crippen LogP contribution in [-0.2, 0) is 0 Å². The molecule has 0 bridgehead atoms. The van der Waals surface area contributed by atoms with Gasteiger partial charge in [-0.3, -0.25) is 4.98 Å². The van der Waals surface area contributed by atoms with Gasteiger partial charge < -0.3 is 5.11 Å². The van der Waals surface area contributed by atoms with Gasteiger partial charge in [0.1, 0.15) is 5.75 Å². The molecule has 1 heterocycles. The van der Waals surface area contributed by atoms with Crippen LogP contribution in [0.4, 0.5) is 0 Å². The van der Waals surface area contributed by atoms with E-state index in [1.54, 1.807) is 30.6 Å². The number of phenolic OH excluding ortho intramolecular Hbond substituents is 1. The Hall–Kier alpha value is -1.83. The smallest absolute Gasteiger partial charge is 0.124 e. The summed E-state index contributed by atoms with van der Waals surface area (Å²) in [5, 5.41) is 9.51. The molecule has 1 N–H and O–H groups in total. The van der Waals surface area contributed by atoms with Gasteiger partial charge in [0.05, 0.1) is 0 Å². The molecule has 0 saturated heterocycles. The van der Waals surface area contributed by atoms with Gasteiger partial charge in [0, 0.05) is 18.0 Å². The average Bonchev–Trinajstić information content (AvgIpc) is 2.20. The van der Waals surface area contributed by atoms with Crippen LogP contribution < -0.4 is 0 Å². The lowest BCUT2D eigenvalue weighted by Gasteiger charge is -2.01. The predicted octanol–water partition coefficient (Wildman–Crippen LogP) is 2.25. The van der Waals surface area contributed by atoms with Crippen LogP contribution in [-0.4, -0.2) is 10.1 Å². The van der Waals surface area contributed by atoms with Crippen LogP contribution in [0.2, 0.25) is 0 Å². The van der Waals surface area contributed by atoms with E-state index >= 15 is 0 Å². The predicted molar refractivity (Wildman–Crippen MR) is 50.2 cm³/mol. The first-order chi connectivity index (χ1) is 6.38. The molecular formula is C11H8NO. The summed E-state index contributed by atoms with van der Waals surface area (Å²) < 4.78 is 0. The summed E-state index contributed by atoms with van der Waals surface area (Å²) in [5.41, 5.74) is 1.64. The number of rotatable bonds is 1. The lowest BCUT2D eigenvalue weighted by molar-refractivity contribution is 0.477. The van der Waals surface area contributed by atoms with Crippen LogP contribution in [0.5, 0.6) is 5.75 Å². The first kappa shape index (κ1) is 7.80. The largest absolute Gasteiger partial charge is 0.507 e. The van der Waals surface area contributed by atoms with Gasteiger partial charge >= 0.3 is 0 Å². The van der Waals surface area contributed by atoms with Crippen LogP contribution >= 0.6 is 0 Å². The van der Waals surface area contributed by atoms with Crippen LogP contribution in [0.3, 0.4) is 0 Å². The third-order valence-corrected chi connectivity index (χ3v) is 1.80. The Morgan fingerprint density at radius 2 is 1.92 bits per heavy atom. The standard InChI is InChI=1S/C11H8NO/c13-11-4-2-1-3-10(11)9-5-7-12-8-6-9/h1-2,4-8,13H. The molecule has 1 radical (unpaired) electrons. The second-order valence-electron chi connectivity index (χ2n) is 2.67. The third-order valence-electron chi connectivity index (χ3n) is 1.80. The Labute approximate surface area is 76.5 Å². The molecule has 13 heavy (non-hydrogen) atoms. The van der Waals surface area contributed by atoms with E-state index in [1.165, 1.54) is 0 Å². The van der Waals surface area contributed by atoms with Gasteiger partial charge in [0.25, 0.3) is 0 Å². The minimum absolute atomic E-state index is 0.244. The van der Waals surface area contributed by atoms with Crippen molar-refractivity contribution in [2.75, 3.05) is 0 Å². The molecule has 0 fully saturated rings. The number of nitrogens with zero attached hydrogens (tertiary/aromatic N) is 1. The Morgan fingerprint density at radius 1 is 1.15 bits per heavy atom. The maximum atomic E-state index is 9.51.